The molecule has 0 saturated carbocycles. The monoisotopic (exact) mass is 282 g/mol. The fraction of sp³-hybridized carbons (Fsp3) is 0.500. The van der Waals surface area contributed by atoms with Gasteiger partial charge in [-0.15, -0.1) is 0 Å². The Morgan fingerprint density at radius 3 is 3.00 bits per heavy atom. The van der Waals surface area contributed by atoms with E-state index in [4.69, 9.17) is 0 Å². The normalized spacial score (nSPS) is 20.5. The van der Waals surface area contributed by atoms with Gasteiger partial charge in [0, 0.05) is 24.0 Å². The maximum Gasteiger partial charge on any atom is 0.228 e. The standard InChI is InChI=1S/C12H15BrN2O/c1-2-10-4-3-5-11(14-10)15-8-9(7-13)6-12(15)16/h3-5,9H,2,6-8H2,1H3. The number of carbonyl (C=O) groups excluding carboxylic acids is 1. The van der Waals surface area contributed by atoms with Crippen molar-refractivity contribution < 1.29 is 4.79 Å². The van der Waals surface area contributed by atoms with Gasteiger partial charge in [0.25, 0.3) is 0 Å². The Balaban J connectivity index is 2.20. The van der Waals surface area contributed by atoms with Crippen molar-refractivity contribution in [3.63, 3.8) is 0 Å². The molecule has 1 atom stereocenters. The second-order valence-electron chi connectivity index (χ2n) is 4.07. The number of aryl methyl sites for hydroxylation is 1. The second-order valence-corrected chi connectivity index (χ2v) is 4.72. The van der Waals surface area contributed by atoms with Crippen molar-refractivity contribution in [1.29, 1.82) is 0 Å². The van der Waals surface area contributed by atoms with Crippen LogP contribution in [0.15, 0.2) is 18.2 Å². The summed E-state index contributed by atoms with van der Waals surface area (Å²) in [7, 11) is 0. The lowest BCUT2D eigenvalue weighted by Crippen LogP contribution is -2.25. The fourth-order valence-electron chi connectivity index (χ4n) is 1.92. The highest BCUT2D eigenvalue weighted by atomic mass is 79.9. The molecule has 0 N–H and O–H groups in total. The predicted molar refractivity (Wildman–Crippen MR) is 67.9 cm³/mol. The molecule has 2 rings (SSSR count). The molecule has 2 heterocycles. The van der Waals surface area contributed by atoms with E-state index in [0.29, 0.717) is 12.3 Å². The number of anilines is 1. The minimum absolute atomic E-state index is 0.185. The minimum atomic E-state index is 0.185. The van der Waals surface area contributed by atoms with E-state index in [1.807, 2.05) is 18.2 Å². The molecule has 0 aliphatic carbocycles. The average molecular weight is 283 g/mol. The lowest BCUT2D eigenvalue weighted by molar-refractivity contribution is -0.117. The molecule has 0 radical (unpaired) electrons. The molecule has 1 aromatic heterocycles. The highest BCUT2D eigenvalue weighted by Gasteiger charge is 2.30. The van der Waals surface area contributed by atoms with E-state index >= 15 is 0 Å². The first-order valence-corrected chi connectivity index (χ1v) is 6.69. The Labute approximate surface area is 104 Å². The van der Waals surface area contributed by atoms with Crippen LogP contribution in [0.5, 0.6) is 0 Å². The molecule has 1 amide bonds. The Morgan fingerprint density at radius 1 is 1.56 bits per heavy atom. The topological polar surface area (TPSA) is 33.2 Å². The number of aromatic nitrogens is 1. The van der Waals surface area contributed by atoms with Crippen LogP contribution in [0.3, 0.4) is 0 Å². The van der Waals surface area contributed by atoms with Gasteiger partial charge in [0.2, 0.25) is 5.91 Å². The summed E-state index contributed by atoms with van der Waals surface area (Å²) in [6.07, 6.45) is 1.53. The molecule has 0 bridgehead atoms. The largest absolute Gasteiger partial charge is 0.296 e. The number of hydrogen-bond donors (Lipinski definition) is 0. The van der Waals surface area contributed by atoms with Gasteiger partial charge in [0.05, 0.1) is 0 Å². The van der Waals surface area contributed by atoms with Crippen molar-refractivity contribution >= 4 is 27.7 Å². The average Bonchev–Trinajstić information content (AvgIpc) is 2.71. The summed E-state index contributed by atoms with van der Waals surface area (Å²) < 4.78 is 0. The van der Waals surface area contributed by atoms with Crippen LogP contribution in [-0.4, -0.2) is 22.8 Å². The maximum atomic E-state index is 11.8. The first-order valence-electron chi connectivity index (χ1n) is 5.57. The third-order valence-electron chi connectivity index (χ3n) is 2.85. The molecule has 86 valence electrons. The van der Waals surface area contributed by atoms with Crippen molar-refractivity contribution in [2.75, 3.05) is 16.8 Å². The molecule has 1 saturated heterocycles. The van der Waals surface area contributed by atoms with Gasteiger partial charge in [-0.2, -0.15) is 0 Å². The summed E-state index contributed by atoms with van der Waals surface area (Å²) in [5.41, 5.74) is 1.03. The van der Waals surface area contributed by atoms with Crippen LogP contribution in [0, 0.1) is 5.92 Å². The Kier molecular flexibility index (Phi) is 3.59. The summed E-state index contributed by atoms with van der Waals surface area (Å²) in [5.74, 6) is 1.40. The van der Waals surface area contributed by atoms with Crippen LogP contribution < -0.4 is 4.90 Å². The molecule has 16 heavy (non-hydrogen) atoms. The van der Waals surface area contributed by atoms with Gasteiger partial charge < -0.3 is 0 Å². The fourth-order valence-corrected chi connectivity index (χ4v) is 2.35. The van der Waals surface area contributed by atoms with E-state index in [-0.39, 0.29) is 5.91 Å². The molecular formula is C12H15BrN2O. The van der Waals surface area contributed by atoms with Crippen LogP contribution in [0.4, 0.5) is 5.82 Å². The second kappa shape index (κ2) is 4.95. The number of halogens is 1. The van der Waals surface area contributed by atoms with Gasteiger partial charge >= 0.3 is 0 Å². The van der Waals surface area contributed by atoms with Crippen molar-refractivity contribution in [3.8, 4) is 0 Å². The number of hydrogen-bond acceptors (Lipinski definition) is 2. The van der Waals surface area contributed by atoms with E-state index in [0.717, 1.165) is 29.8 Å². The van der Waals surface area contributed by atoms with Crippen LogP contribution in [-0.2, 0) is 11.2 Å². The Hall–Kier alpha value is -0.900. The lowest BCUT2D eigenvalue weighted by atomic mass is 10.2. The van der Waals surface area contributed by atoms with Gasteiger partial charge in [-0.1, -0.05) is 28.9 Å². The molecule has 1 fully saturated rings. The number of nitrogens with zero attached hydrogens (tertiary/aromatic N) is 2. The van der Waals surface area contributed by atoms with E-state index in [1.54, 1.807) is 4.90 Å². The molecule has 1 aliphatic rings. The number of amides is 1. The van der Waals surface area contributed by atoms with E-state index < -0.39 is 0 Å². The molecular weight excluding hydrogens is 268 g/mol. The van der Waals surface area contributed by atoms with Crippen molar-refractivity contribution in [2.24, 2.45) is 5.92 Å². The van der Waals surface area contributed by atoms with Gasteiger partial charge in [-0.05, 0) is 24.5 Å². The summed E-state index contributed by atoms with van der Waals surface area (Å²) in [6, 6.07) is 5.87. The number of carbonyl (C=O) groups is 1. The summed E-state index contributed by atoms with van der Waals surface area (Å²) in [4.78, 5) is 18.1. The van der Waals surface area contributed by atoms with Crippen LogP contribution in [0.2, 0.25) is 0 Å². The van der Waals surface area contributed by atoms with Crippen molar-refractivity contribution in [1.82, 2.24) is 4.98 Å². The molecule has 1 unspecified atom stereocenters. The zero-order valence-electron chi connectivity index (χ0n) is 9.32. The van der Waals surface area contributed by atoms with Crippen LogP contribution >= 0.6 is 15.9 Å². The molecule has 4 heteroatoms. The summed E-state index contributed by atoms with van der Waals surface area (Å²) in [6.45, 7) is 2.85. The molecule has 3 nitrogen and oxygen atoms in total. The quantitative estimate of drug-likeness (QED) is 0.798. The minimum Gasteiger partial charge on any atom is -0.296 e. The number of rotatable bonds is 3. The SMILES string of the molecule is CCc1cccc(N2CC(CBr)CC2=O)n1. The molecule has 0 aromatic carbocycles. The van der Waals surface area contributed by atoms with Crippen molar-refractivity contribution in [3.05, 3.63) is 23.9 Å². The van der Waals surface area contributed by atoms with Gasteiger partial charge in [-0.25, -0.2) is 4.98 Å². The third kappa shape index (κ3) is 2.26. The first kappa shape index (κ1) is 11.6. The summed E-state index contributed by atoms with van der Waals surface area (Å²) >= 11 is 3.43. The smallest absolute Gasteiger partial charge is 0.228 e. The highest BCUT2D eigenvalue weighted by molar-refractivity contribution is 9.09. The number of pyridine rings is 1. The molecule has 0 spiro atoms. The van der Waals surface area contributed by atoms with Gasteiger partial charge in [0.15, 0.2) is 0 Å². The van der Waals surface area contributed by atoms with Gasteiger partial charge in [-0.3, -0.25) is 9.69 Å². The highest BCUT2D eigenvalue weighted by Crippen LogP contribution is 2.24. The van der Waals surface area contributed by atoms with E-state index in [2.05, 4.69) is 27.8 Å². The van der Waals surface area contributed by atoms with E-state index in [1.165, 1.54) is 0 Å². The van der Waals surface area contributed by atoms with Gasteiger partial charge in [0.1, 0.15) is 5.82 Å². The zero-order valence-corrected chi connectivity index (χ0v) is 10.9. The molecule has 1 aliphatic heterocycles. The van der Waals surface area contributed by atoms with Crippen LogP contribution in [0.1, 0.15) is 19.0 Å². The maximum absolute atomic E-state index is 11.8. The Morgan fingerprint density at radius 2 is 2.38 bits per heavy atom. The predicted octanol–water partition coefficient (Wildman–Crippen LogP) is 2.39. The lowest BCUT2D eigenvalue weighted by Gasteiger charge is -2.15. The zero-order chi connectivity index (χ0) is 11.5. The van der Waals surface area contributed by atoms with Crippen molar-refractivity contribution in [2.45, 2.75) is 19.8 Å². The van der Waals surface area contributed by atoms with Crippen LogP contribution in [0.25, 0.3) is 0 Å². The third-order valence-corrected chi connectivity index (χ3v) is 3.77. The Bertz CT molecular complexity index is 394. The van der Waals surface area contributed by atoms with E-state index in [9.17, 15) is 4.79 Å². The number of alkyl halides is 1. The molecule has 1 aromatic rings. The first-order chi connectivity index (χ1) is 7.74. The summed E-state index contributed by atoms with van der Waals surface area (Å²) in [5, 5.41) is 0.878.